The van der Waals surface area contributed by atoms with Crippen LogP contribution in [0.25, 0.3) is 5.65 Å². The number of aromatic nitrogens is 3. The Morgan fingerprint density at radius 1 is 1.04 bits per heavy atom. The van der Waals surface area contributed by atoms with Crippen molar-refractivity contribution in [1.29, 1.82) is 0 Å². The van der Waals surface area contributed by atoms with E-state index in [9.17, 15) is 0 Å². The molecule has 0 aliphatic heterocycles. The van der Waals surface area contributed by atoms with E-state index in [1.165, 1.54) is 11.1 Å². The number of hydrogen-bond donors (Lipinski definition) is 3. The zero-order valence-corrected chi connectivity index (χ0v) is 15.4. The molecule has 0 bridgehead atoms. The smallest absolute Gasteiger partial charge is 0.177 e. The lowest BCUT2D eigenvalue weighted by molar-refractivity contribution is 0.410. The van der Waals surface area contributed by atoms with E-state index in [1.807, 2.05) is 10.7 Å². The van der Waals surface area contributed by atoms with Crippen molar-refractivity contribution in [1.82, 2.24) is 14.6 Å². The average molecular weight is 350 g/mol. The van der Waals surface area contributed by atoms with Gasteiger partial charge in [0.2, 0.25) is 0 Å². The number of imidazole rings is 1. The van der Waals surface area contributed by atoms with E-state index >= 15 is 0 Å². The van der Waals surface area contributed by atoms with Gasteiger partial charge in [-0.15, -0.1) is 5.10 Å². The molecule has 4 N–H and O–H groups in total. The Balaban J connectivity index is 1.62. The first kappa shape index (κ1) is 16.8. The first-order valence-corrected chi connectivity index (χ1v) is 9.28. The molecule has 1 aromatic carbocycles. The molecule has 4 rings (SSSR count). The van der Waals surface area contributed by atoms with Crippen LogP contribution in [0.1, 0.15) is 36.8 Å². The second kappa shape index (κ2) is 6.96. The van der Waals surface area contributed by atoms with Crippen LogP contribution < -0.4 is 16.4 Å². The first-order chi connectivity index (χ1) is 12.6. The average Bonchev–Trinajstić information content (AvgIpc) is 3.05. The second-order valence-electron chi connectivity index (χ2n) is 7.40. The molecule has 0 amide bonds. The van der Waals surface area contributed by atoms with Crippen molar-refractivity contribution in [3.63, 3.8) is 0 Å². The quantitative estimate of drug-likeness (QED) is 0.667. The SMILES string of the molecule is Cc1cc(C)cc(Nc2cc(NC3CCC(N)CC3)nn3ccnc23)c1. The number of aryl methyl sites for hydroxylation is 2. The topological polar surface area (TPSA) is 80.3 Å². The van der Waals surface area contributed by atoms with Crippen LogP contribution in [0.3, 0.4) is 0 Å². The maximum Gasteiger partial charge on any atom is 0.177 e. The summed E-state index contributed by atoms with van der Waals surface area (Å²) in [5, 5.41) is 11.8. The maximum atomic E-state index is 6.02. The van der Waals surface area contributed by atoms with Gasteiger partial charge in [0.25, 0.3) is 0 Å². The zero-order chi connectivity index (χ0) is 18.1. The lowest BCUT2D eigenvalue weighted by atomic mass is 9.92. The van der Waals surface area contributed by atoms with Gasteiger partial charge >= 0.3 is 0 Å². The van der Waals surface area contributed by atoms with Crippen molar-refractivity contribution in [3.8, 4) is 0 Å². The summed E-state index contributed by atoms with van der Waals surface area (Å²) in [4.78, 5) is 4.45. The summed E-state index contributed by atoms with van der Waals surface area (Å²) >= 11 is 0. The zero-order valence-electron chi connectivity index (χ0n) is 15.4. The number of nitrogens with one attached hydrogen (secondary N) is 2. The van der Waals surface area contributed by atoms with Gasteiger partial charge < -0.3 is 16.4 Å². The highest BCUT2D eigenvalue weighted by Crippen LogP contribution is 2.26. The summed E-state index contributed by atoms with van der Waals surface area (Å²) < 4.78 is 1.82. The van der Waals surface area contributed by atoms with E-state index in [1.54, 1.807) is 6.20 Å². The minimum absolute atomic E-state index is 0.346. The van der Waals surface area contributed by atoms with Crippen molar-refractivity contribution >= 4 is 22.8 Å². The van der Waals surface area contributed by atoms with Gasteiger partial charge in [0.15, 0.2) is 5.65 Å². The van der Waals surface area contributed by atoms with Crippen molar-refractivity contribution in [2.24, 2.45) is 5.73 Å². The lowest BCUT2D eigenvalue weighted by Crippen LogP contribution is -2.33. The van der Waals surface area contributed by atoms with E-state index in [0.717, 1.165) is 48.5 Å². The number of rotatable bonds is 4. The number of nitrogens with zero attached hydrogens (tertiary/aromatic N) is 3. The number of anilines is 3. The predicted octanol–water partition coefficient (Wildman–Crippen LogP) is 3.77. The Bertz CT molecular complexity index is 888. The van der Waals surface area contributed by atoms with E-state index in [4.69, 9.17) is 5.73 Å². The normalized spacial score (nSPS) is 20.3. The third kappa shape index (κ3) is 3.65. The van der Waals surface area contributed by atoms with Crippen LogP contribution in [0.2, 0.25) is 0 Å². The van der Waals surface area contributed by atoms with Gasteiger partial charge in [-0.1, -0.05) is 6.07 Å². The molecule has 1 saturated carbocycles. The van der Waals surface area contributed by atoms with E-state index in [-0.39, 0.29) is 0 Å². The molecular formula is C20H26N6. The van der Waals surface area contributed by atoms with Crippen LogP contribution in [0, 0.1) is 13.8 Å². The van der Waals surface area contributed by atoms with E-state index < -0.39 is 0 Å². The fourth-order valence-electron chi connectivity index (χ4n) is 3.75. The minimum Gasteiger partial charge on any atom is -0.366 e. The highest BCUT2D eigenvalue weighted by atomic mass is 15.3. The molecule has 0 radical (unpaired) electrons. The van der Waals surface area contributed by atoms with Gasteiger partial charge in [-0.05, 0) is 62.8 Å². The van der Waals surface area contributed by atoms with Crippen LogP contribution in [0.5, 0.6) is 0 Å². The van der Waals surface area contributed by atoms with Crippen LogP contribution in [-0.4, -0.2) is 26.7 Å². The summed E-state index contributed by atoms with van der Waals surface area (Å²) in [6.45, 7) is 4.22. The van der Waals surface area contributed by atoms with Crippen molar-refractivity contribution in [3.05, 3.63) is 47.8 Å². The van der Waals surface area contributed by atoms with Crippen LogP contribution >= 0.6 is 0 Å². The summed E-state index contributed by atoms with van der Waals surface area (Å²) in [5.74, 6) is 0.864. The summed E-state index contributed by atoms with van der Waals surface area (Å²) in [6, 6.07) is 9.28. The van der Waals surface area contributed by atoms with Gasteiger partial charge in [0, 0.05) is 36.2 Å². The van der Waals surface area contributed by atoms with Gasteiger partial charge in [0.1, 0.15) is 5.82 Å². The van der Waals surface area contributed by atoms with Gasteiger partial charge in [-0.2, -0.15) is 0 Å². The molecule has 136 valence electrons. The largest absolute Gasteiger partial charge is 0.366 e. The van der Waals surface area contributed by atoms with E-state index in [0.29, 0.717) is 12.1 Å². The van der Waals surface area contributed by atoms with Crippen molar-refractivity contribution in [2.45, 2.75) is 51.6 Å². The molecule has 1 aliphatic carbocycles. The van der Waals surface area contributed by atoms with Gasteiger partial charge in [-0.3, -0.25) is 0 Å². The molecule has 2 aromatic heterocycles. The first-order valence-electron chi connectivity index (χ1n) is 9.28. The second-order valence-corrected chi connectivity index (χ2v) is 7.40. The molecule has 0 unspecified atom stereocenters. The Labute approximate surface area is 153 Å². The maximum absolute atomic E-state index is 6.02. The Morgan fingerprint density at radius 2 is 1.77 bits per heavy atom. The van der Waals surface area contributed by atoms with Crippen LogP contribution in [-0.2, 0) is 0 Å². The molecule has 26 heavy (non-hydrogen) atoms. The number of benzene rings is 1. The van der Waals surface area contributed by atoms with Gasteiger partial charge in [-0.25, -0.2) is 9.50 Å². The fraction of sp³-hybridized carbons (Fsp3) is 0.400. The van der Waals surface area contributed by atoms with Crippen molar-refractivity contribution < 1.29 is 0 Å². The van der Waals surface area contributed by atoms with Crippen LogP contribution in [0.4, 0.5) is 17.2 Å². The lowest BCUT2D eigenvalue weighted by Gasteiger charge is -2.27. The standard InChI is InChI=1S/C20H26N6/c1-13-9-14(2)11-17(10-13)23-18-12-19(25-26-8-7-22-20(18)26)24-16-5-3-15(21)4-6-16/h7-12,15-16,23H,3-6,21H2,1-2H3,(H,24,25). The molecule has 6 nitrogen and oxygen atoms in total. The number of hydrogen-bond acceptors (Lipinski definition) is 5. The number of nitrogens with two attached hydrogens (primary N) is 1. The molecule has 6 heteroatoms. The summed E-state index contributed by atoms with van der Waals surface area (Å²) in [6.07, 6.45) is 7.97. The number of fused-ring (bicyclic) bond motifs is 1. The molecule has 2 heterocycles. The molecule has 0 spiro atoms. The Morgan fingerprint density at radius 3 is 2.50 bits per heavy atom. The van der Waals surface area contributed by atoms with E-state index in [2.05, 4.69) is 58.8 Å². The minimum atomic E-state index is 0.346. The van der Waals surface area contributed by atoms with Gasteiger partial charge in [0.05, 0.1) is 5.69 Å². The molecule has 3 aromatic rings. The monoisotopic (exact) mass is 350 g/mol. The summed E-state index contributed by atoms with van der Waals surface area (Å²) in [5.41, 5.74) is 11.3. The van der Waals surface area contributed by atoms with Crippen molar-refractivity contribution in [2.75, 3.05) is 10.6 Å². The molecule has 1 aliphatic rings. The third-order valence-electron chi connectivity index (χ3n) is 4.98. The predicted molar refractivity (Wildman–Crippen MR) is 106 cm³/mol. The third-order valence-corrected chi connectivity index (χ3v) is 4.98. The molecule has 0 saturated heterocycles. The molecule has 1 fully saturated rings. The Hall–Kier alpha value is -2.60. The fourth-order valence-corrected chi connectivity index (χ4v) is 3.75. The highest BCUT2D eigenvalue weighted by molar-refractivity contribution is 5.76. The van der Waals surface area contributed by atoms with Crippen LogP contribution in [0.15, 0.2) is 36.7 Å². The highest BCUT2D eigenvalue weighted by Gasteiger charge is 2.19. The molecule has 0 atom stereocenters. The Kier molecular flexibility index (Phi) is 4.51. The molecular weight excluding hydrogens is 324 g/mol. The summed E-state index contributed by atoms with van der Waals surface area (Å²) in [7, 11) is 0.